The zero-order valence-corrected chi connectivity index (χ0v) is 12.9. The Morgan fingerprint density at radius 1 is 1.38 bits per heavy atom. The molecule has 0 radical (unpaired) electrons. The van der Waals surface area contributed by atoms with E-state index in [1.54, 1.807) is 7.11 Å². The Labute approximate surface area is 126 Å². The number of rotatable bonds is 7. The van der Waals surface area contributed by atoms with Gasteiger partial charge in [0.2, 0.25) is 5.91 Å². The van der Waals surface area contributed by atoms with Gasteiger partial charge < -0.3 is 20.3 Å². The molecular formula is C16H25N3O2. The number of anilines is 1. The number of amides is 1. The fourth-order valence-electron chi connectivity index (χ4n) is 2.64. The van der Waals surface area contributed by atoms with Crippen LogP contribution in [0.1, 0.15) is 18.9 Å². The molecule has 1 atom stereocenters. The summed E-state index contributed by atoms with van der Waals surface area (Å²) in [6.07, 6.45) is 0.826. The molecule has 0 saturated carbocycles. The minimum atomic E-state index is -0.0515. The Kier molecular flexibility index (Phi) is 6.02. The molecule has 1 aliphatic heterocycles. The first-order chi connectivity index (χ1) is 10.3. The van der Waals surface area contributed by atoms with E-state index in [9.17, 15) is 4.79 Å². The Morgan fingerprint density at radius 2 is 2.14 bits per heavy atom. The quantitative estimate of drug-likeness (QED) is 0.740. The number of ether oxygens (including phenoxy) is 1. The van der Waals surface area contributed by atoms with Gasteiger partial charge in [0.1, 0.15) is 6.04 Å². The molecule has 1 fully saturated rings. The average Bonchev–Trinajstić information content (AvgIpc) is 2.52. The van der Waals surface area contributed by atoms with Gasteiger partial charge in [0, 0.05) is 39.0 Å². The van der Waals surface area contributed by atoms with Crippen LogP contribution in [-0.4, -0.2) is 45.3 Å². The number of nitrogens with one attached hydrogen (secondary N) is 2. The van der Waals surface area contributed by atoms with Crippen molar-refractivity contribution < 1.29 is 9.53 Å². The highest BCUT2D eigenvalue weighted by atomic mass is 16.5. The van der Waals surface area contributed by atoms with Crippen LogP contribution in [0.15, 0.2) is 24.3 Å². The molecule has 2 rings (SSSR count). The molecular weight excluding hydrogens is 266 g/mol. The highest BCUT2D eigenvalue weighted by Gasteiger charge is 2.27. The Morgan fingerprint density at radius 3 is 2.81 bits per heavy atom. The molecule has 0 aliphatic carbocycles. The first kappa shape index (κ1) is 15.8. The first-order valence-electron chi connectivity index (χ1n) is 7.59. The molecule has 116 valence electrons. The lowest BCUT2D eigenvalue weighted by atomic mass is 10.1. The van der Waals surface area contributed by atoms with Crippen molar-refractivity contribution in [3.63, 3.8) is 0 Å². The van der Waals surface area contributed by atoms with E-state index in [1.807, 2.05) is 0 Å². The van der Waals surface area contributed by atoms with E-state index in [1.165, 1.54) is 5.56 Å². The molecule has 5 nitrogen and oxygen atoms in total. The number of piperazine rings is 1. The van der Waals surface area contributed by atoms with Crippen molar-refractivity contribution >= 4 is 11.6 Å². The van der Waals surface area contributed by atoms with Crippen LogP contribution in [0.2, 0.25) is 0 Å². The molecule has 21 heavy (non-hydrogen) atoms. The number of methoxy groups -OCH3 is 1. The molecule has 1 saturated heterocycles. The van der Waals surface area contributed by atoms with Crippen LogP contribution in [0.25, 0.3) is 0 Å². The molecule has 0 bridgehead atoms. The maximum atomic E-state index is 11.9. The van der Waals surface area contributed by atoms with Crippen LogP contribution in [0, 0.1) is 0 Å². The number of hydrogen-bond acceptors (Lipinski definition) is 4. The summed E-state index contributed by atoms with van der Waals surface area (Å²) < 4.78 is 5.01. The third kappa shape index (κ3) is 4.19. The van der Waals surface area contributed by atoms with Gasteiger partial charge in [-0.2, -0.15) is 0 Å². The first-order valence-corrected chi connectivity index (χ1v) is 7.59. The fraction of sp³-hybridized carbons (Fsp3) is 0.562. The second-order valence-electron chi connectivity index (χ2n) is 5.24. The van der Waals surface area contributed by atoms with Gasteiger partial charge in [-0.05, 0) is 24.1 Å². The highest BCUT2D eigenvalue weighted by molar-refractivity contribution is 5.86. The standard InChI is InChI=1S/C16H25N3O2/c1-3-15-16(20)18-8-10-19(15)14-6-4-13(5-7-14)12-17-9-11-21-2/h4-7,15,17H,3,8-12H2,1-2H3,(H,18,20). The Bertz CT molecular complexity index is 447. The predicted octanol–water partition coefficient (Wildman–Crippen LogP) is 1.14. The predicted molar refractivity (Wildman–Crippen MR) is 84.5 cm³/mol. The molecule has 1 aliphatic rings. The van der Waals surface area contributed by atoms with Crippen molar-refractivity contribution in [2.24, 2.45) is 0 Å². The van der Waals surface area contributed by atoms with Gasteiger partial charge in [0.05, 0.1) is 6.61 Å². The highest BCUT2D eigenvalue weighted by Crippen LogP contribution is 2.21. The second kappa shape index (κ2) is 8.00. The fourth-order valence-corrected chi connectivity index (χ4v) is 2.64. The Hall–Kier alpha value is -1.59. The molecule has 5 heteroatoms. The van der Waals surface area contributed by atoms with E-state index in [4.69, 9.17) is 4.74 Å². The number of benzene rings is 1. The number of nitrogens with zero attached hydrogens (tertiary/aromatic N) is 1. The van der Waals surface area contributed by atoms with E-state index in [2.05, 4.69) is 46.7 Å². The number of hydrogen-bond donors (Lipinski definition) is 2. The number of carbonyl (C=O) groups is 1. The third-order valence-electron chi connectivity index (χ3n) is 3.80. The summed E-state index contributed by atoms with van der Waals surface area (Å²) in [6, 6.07) is 8.40. The van der Waals surface area contributed by atoms with E-state index in [0.29, 0.717) is 0 Å². The van der Waals surface area contributed by atoms with Crippen LogP contribution in [-0.2, 0) is 16.1 Å². The summed E-state index contributed by atoms with van der Waals surface area (Å²) in [5, 5.41) is 6.26. The zero-order valence-electron chi connectivity index (χ0n) is 12.9. The summed E-state index contributed by atoms with van der Waals surface area (Å²) in [6.45, 7) is 6.05. The molecule has 0 spiro atoms. The van der Waals surface area contributed by atoms with Crippen molar-refractivity contribution in [1.29, 1.82) is 0 Å². The lowest BCUT2D eigenvalue weighted by Crippen LogP contribution is -2.55. The molecule has 1 heterocycles. The van der Waals surface area contributed by atoms with Gasteiger partial charge in [-0.15, -0.1) is 0 Å². The van der Waals surface area contributed by atoms with E-state index in [0.717, 1.165) is 44.9 Å². The van der Waals surface area contributed by atoms with Gasteiger partial charge in [0.15, 0.2) is 0 Å². The SMILES string of the molecule is CCC1C(=O)NCCN1c1ccc(CNCCOC)cc1. The maximum absolute atomic E-state index is 11.9. The van der Waals surface area contributed by atoms with Crippen LogP contribution in [0.3, 0.4) is 0 Å². The summed E-state index contributed by atoms with van der Waals surface area (Å²) in [7, 11) is 1.70. The largest absolute Gasteiger partial charge is 0.383 e. The topological polar surface area (TPSA) is 53.6 Å². The lowest BCUT2D eigenvalue weighted by molar-refractivity contribution is -0.123. The summed E-state index contributed by atoms with van der Waals surface area (Å²) in [5.41, 5.74) is 2.36. The van der Waals surface area contributed by atoms with Gasteiger partial charge in [-0.25, -0.2) is 0 Å². The summed E-state index contributed by atoms with van der Waals surface area (Å²) >= 11 is 0. The van der Waals surface area contributed by atoms with Crippen LogP contribution in [0.4, 0.5) is 5.69 Å². The number of carbonyl (C=O) groups excluding carboxylic acids is 1. The molecule has 1 amide bonds. The maximum Gasteiger partial charge on any atom is 0.242 e. The minimum Gasteiger partial charge on any atom is -0.383 e. The van der Waals surface area contributed by atoms with Crippen molar-refractivity contribution in [3.8, 4) is 0 Å². The van der Waals surface area contributed by atoms with E-state index < -0.39 is 0 Å². The minimum absolute atomic E-state index is 0.0515. The zero-order chi connectivity index (χ0) is 15.1. The Balaban J connectivity index is 1.96. The smallest absolute Gasteiger partial charge is 0.242 e. The monoisotopic (exact) mass is 291 g/mol. The van der Waals surface area contributed by atoms with Gasteiger partial charge in [0.25, 0.3) is 0 Å². The van der Waals surface area contributed by atoms with Crippen LogP contribution < -0.4 is 15.5 Å². The van der Waals surface area contributed by atoms with Crippen molar-refractivity contribution in [2.75, 3.05) is 38.3 Å². The lowest BCUT2D eigenvalue weighted by Gasteiger charge is -2.36. The average molecular weight is 291 g/mol. The normalized spacial score (nSPS) is 18.7. The van der Waals surface area contributed by atoms with Gasteiger partial charge in [-0.3, -0.25) is 4.79 Å². The second-order valence-corrected chi connectivity index (χ2v) is 5.24. The van der Waals surface area contributed by atoms with Crippen LogP contribution >= 0.6 is 0 Å². The molecule has 1 aromatic rings. The molecule has 1 unspecified atom stereocenters. The molecule has 1 aromatic carbocycles. The molecule has 2 N–H and O–H groups in total. The third-order valence-corrected chi connectivity index (χ3v) is 3.80. The van der Waals surface area contributed by atoms with E-state index in [-0.39, 0.29) is 11.9 Å². The van der Waals surface area contributed by atoms with Crippen LogP contribution in [0.5, 0.6) is 0 Å². The van der Waals surface area contributed by atoms with Crippen molar-refractivity contribution in [3.05, 3.63) is 29.8 Å². The summed E-state index contributed by atoms with van der Waals surface area (Å²) in [5.74, 6) is 0.133. The van der Waals surface area contributed by atoms with Crippen molar-refractivity contribution in [1.82, 2.24) is 10.6 Å². The summed E-state index contributed by atoms with van der Waals surface area (Å²) in [4.78, 5) is 14.1. The van der Waals surface area contributed by atoms with Gasteiger partial charge >= 0.3 is 0 Å². The van der Waals surface area contributed by atoms with E-state index >= 15 is 0 Å². The van der Waals surface area contributed by atoms with Gasteiger partial charge in [-0.1, -0.05) is 19.1 Å². The van der Waals surface area contributed by atoms with Crippen molar-refractivity contribution in [2.45, 2.75) is 25.9 Å². The molecule has 0 aromatic heterocycles.